The van der Waals surface area contributed by atoms with Gasteiger partial charge in [-0.05, 0) is 18.6 Å². The second-order valence-electron chi connectivity index (χ2n) is 3.40. The summed E-state index contributed by atoms with van der Waals surface area (Å²) in [5.74, 6) is -1.21. The molecule has 98 valence electrons. The lowest BCUT2D eigenvalue weighted by Gasteiger charge is -1.97. The maximum atomic E-state index is 10.3. The fraction of sp³-hybridized carbons (Fsp3) is 0.286. The Bertz CT molecular complexity index is 371. The summed E-state index contributed by atoms with van der Waals surface area (Å²) in [6.45, 7) is 5.82. The molecule has 0 radical (unpaired) electrons. The van der Waals surface area contributed by atoms with Crippen molar-refractivity contribution in [2.45, 2.75) is 19.8 Å². The predicted molar refractivity (Wildman–Crippen MR) is 69.5 cm³/mol. The summed E-state index contributed by atoms with van der Waals surface area (Å²) < 4.78 is 4.67. The van der Waals surface area contributed by atoms with Crippen molar-refractivity contribution in [1.29, 1.82) is 0 Å². The third kappa shape index (κ3) is 8.10. The fourth-order valence-electron chi connectivity index (χ4n) is 0.957. The molecular formula is C14H18O4. The molecule has 0 spiro atoms. The van der Waals surface area contributed by atoms with Crippen LogP contribution in [0.15, 0.2) is 43.0 Å². The van der Waals surface area contributed by atoms with Gasteiger partial charge in [0.25, 0.3) is 0 Å². The summed E-state index contributed by atoms with van der Waals surface area (Å²) in [7, 11) is 0. The van der Waals surface area contributed by atoms with Gasteiger partial charge in [-0.15, -0.1) is 0 Å². The lowest BCUT2D eigenvalue weighted by Crippen LogP contribution is -2.00. The molecule has 0 bridgehead atoms. The minimum absolute atomic E-state index is 0.330. The predicted octanol–water partition coefficient (Wildman–Crippen LogP) is 2.90. The van der Waals surface area contributed by atoms with Crippen molar-refractivity contribution in [2.24, 2.45) is 0 Å². The van der Waals surface area contributed by atoms with Gasteiger partial charge in [0.05, 0.1) is 12.2 Å². The first-order chi connectivity index (χ1) is 8.61. The van der Waals surface area contributed by atoms with Crippen molar-refractivity contribution in [2.75, 3.05) is 6.61 Å². The van der Waals surface area contributed by atoms with E-state index in [0.717, 1.165) is 12.8 Å². The van der Waals surface area contributed by atoms with Crippen LogP contribution in [-0.2, 0) is 9.53 Å². The molecule has 0 aliphatic heterocycles. The number of hydrogen-bond acceptors (Lipinski definition) is 3. The molecule has 0 unspecified atom stereocenters. The van der Waals surface area contributed by atoms with Gasteiger partial charge in [-0.1, -0.05) is 38.1 Å². The van der Waals surface area contributed by atoms with Crippen molar-refractivity contribution < 1.29 is 19.4 Å². The van der Waals surface area contributed by atoms with Gasteiger partial charge in [-0.25, -0.2) is 9.59 Å². The lowest BCUT2D eigenvalue weighted by molar-refractivity contribution is -0.137. The van der Waals surface area contributed by atoms with Gasteiger partial charge in [-0.2, -0.15) is 0 Å². The number of aromatic carboxylic acids is 1. The summed E-state index contributed by atoms with van der Waals surface area (Å²) in [4.78, 5) is 20.5. The Labute approximate surface area is 107 Å². The number of carboxylic acids is 1. The van der Waals surface area contributed by atoms with Crippen molar-refractivity contribution >= 4 is 11.9 Å². The molecule has 4 nitrogen and oxygen atoms in total. The second-order valence-corrected chi connectivity index (χ2v) is 3.40. The highest BCUT2D eigenvalue weighted by Gasteiger charge is 1.96. The van der Waals surface area contributed by atoms with E-state index in [-0.39, 0.29) is 5.97 Å². The highest BCUT2D eigenvalue weighted by Crippen LogP contribution is 1.96. The summed E-state index contributed by atoms with van der Waals surface area (Å²) >= 11 is 0. The topological polar surface area (TPSA) is 63.6 Å². The van der Waals surface area contributed by atoms with Crippen LogP contribution >= 0.6 is 0 Å². The fourth-order valence-corrected chi connectivity index (χ4v) is 0.957. The molecule has 0 atom stereocenters. The van der Waals surface area contributed by atoms with Gasteiger partial charge < -0.3 is 9.84 Å². The Morgan fingerprint density at radius 1 is 1.33 bits per heavy atom. The largest absolute Gasteiger partial charge is 0.478 e. The number of hydrogen-bond donors (Lipinski definition) is 1. The van der Waals surface area contributed by atoms with E-state index in [9.17, 15) is 9.59 Å². The van der Waals surface area contributed by atoms with Crippen molar-refractivity contribution in [3.8, 4) is 0 Å². The second kappa shape index (κ2) is 10.1. The molecule has 0 saturated heterocycles. The maximum Gasteiger partial charge on any atom is 0.335 e. The zero-order valence-electron chi connectivity index (χ0n) is 10.5. The number of benzene rings is 1. The van der Waals surface area contributed by atoms with E-state index in [4.69, 9.17) is 5.11 Å². The zero-order valence-corrected chi connectivity index (χ0v) is 10.5. The minimum Gasteiger partial charge on any atom is -0.478 e. The smallest absolute Gasteiger partial charge is 0.335 e. The van der Waals surface area contributed by atoms with E-state index in [1.54, 1.807) is 30.3 Å². The number of carboxylic acid groups (broad SMARTS) is 1. The highest BCUT2D eigenvalue weighted by atomic mass is 16.5. The molecule has 1 aromatic carbocycles. The van der Waals surface area contributed by atoms with Gasteiger partial charge in [0, 0.05) is 6.08 Å². The van der Waals surface area contributed by atoms with Crippen LogP contribution < -0.4 is 0 Å². The van der Waals surface area contributed by atoms with Gasteiger partial charge in [0.1, 0.15) is 0 Å². The van der Waals surface area contributed by atoms with Crippen molar-refractivity contribution in [1.82, 2.24) is 0 Å². The van der Waals surface area contributed by atoms with Crippen molar-refractivity contribution in [3.05, 3.63) is 48.6 Å². The molecule has 4 heteroatoms. The lowest BCUT2D eigenvalue weighted by atomic mass is 10.2. The number of carbonyl (C=O) groups is 2. The molecule has 0 aromatic heterocycles. The van der Waals surface area contributed by atoms with E-state index in [0.29, 0.717) is 12.2 Å². The molecule has 1 aromatic rings. The number of unbranched alkanes of at least 4 members (excludes halogenated alkanes) is 1. The molecular weight excluding hydrogens is 232 g/mol. The van der Waals surface area contributed by atoms with Crippen LogP contribution in [0.1, 0.15) is 30.1 Å². The molecule has 18 heavy (non-hydrogen) atoms. The Morgan fingerprint density at radius 3 is 2.33 bits per heavy atom. The van der Waals surface area contributed by atoms with Crippen LogP contribution in [0.3, 0.4) is 0 Å². The maximum absolute atomic E-state index is 10.3. The third-order valence-electron chi connectivity index (χ3n) is 1.93. The third-order valence-corrected chi connectivity index (χ3v) is 1.93. The van der Waals surface area contributed by atoms with E-state index in [1.165, 1.54) is 6.08 Å². The minimum atomic E-state index is -0.879. The van der Waals surface area contributed by atoms with Crippen LogP contribution in [-0.4, -0.2) is 23.7 Å². The van der Waals surface area contributed by atoms with Crippen LogP contribution in [0.2, 0.25) is 0 Å². The highest BCUT2D eigenvalue weighted by molar-refractivity contribution is 5.87. The average molecular weight is 250 g/mol. The SMILES string of the molecule is C=CC(=O)OCCCC.O=C(O)c1ccccc1. The van der Waals surface area contributed by atoms with E-state index < -0.39 is 5.97 Å². The van der Waals surface area contributed by atoms with Gasteiger partial charge in [-0.3, -0.25) is 0 Å². The Morgan fingerprint density at radius 2 is 1.94 bits per heavy atom. The molecule has 0 fully saturated rings. The van der Waals surface area contributed by atoms with Gasteiger partial charge in [0.15, 0.2) is 0 Å². The van der Waals surface area contributed by atoms with Crippen LogP contribution in [0.4, 0.5) is 0 Å². The van der Waals surface area contributed by atoms with Crippen LogP contribution in [0.25, 0.3) is 0 Å². The first kappa shape index (κ1) is 15.9. The molecule has 0 saturated carbocycles. The Balaban J connectivity index is 0.000000321. The standard InChI is InChI=1S/C7H6O2.C7H12O2/c8-7(9)6-4-2-1-3-5-6;1-3-5-6-9-7(8)4-2/h1-5H,(H,8,9);4H,2-3,5-6H2,1H3. The molecule has 0 heterocycles. The molecule has 0 aliphatic carbocycles. The number of carbonyl (C=O) groups excluding carboxylic acids is 1. The van der Waals surface area contributed by atoms with E-state index in [2.05, 4.69) is 11.3 Å². The van der Waals surface area contributed by atoms with Crippen molar-refractivity contribution in [3.63, 3.8) is 0 Å². The molecule has 0 aliphatic rings. The first-order valence-electron chi connectivity index (χ1n) is 5.69. The number of ether oxygens (including phenoxy) is 1. The van der Waals surface area contributed by atoms with Crippen LogP contribution in [0, 0.1) is 0 Å². The number of esters is 1. The Hall–Kier alpha value is -2.10. The average Bonchev–Trinajstić information content (AvgIpc) is 2.40. The van der Waals surface area contributed by atoms with E-state index in [1.807, 2.05) is 6.92 Å². The Kier molecular flexibility index (Phi) is 8.90. The summed E-state index contributed by atoms with van der Waals surface area (Å²) in [6.07, 6.45) is 3.15. The zero-order chi connectivity index (χ0) is 13.8. The molecule has 0 amide bonds. The summed E-state index contributed by atoms with van der Waals surface area (Å²) in [5.41, 5.74) is 0.331. The number of rotatable bonds is 5. The van der Waals surface area contributed by atoms with Crippen LogP contribution in [0.5, 0.6) is 0 Å². The van der Waals surface area contributed by atoms with Gasteiger partial charge in [0.2, 0.25) is 0 Å². The summed E-state index contributed by atoms with van der Waals surface area (Å²) in [6, 6.07) is 8.30. The van der Waals surface area contributed by atoms with E-state index >= 15 is 0 Å². The summed E-state index contributed by atoms with van der Waals surface area (Å²) in [5, 5.41) is 8.38. The molecule has 1 N–H and O–H groups in total. The monoisotopic (exact) mass is 250 g/mol. The first-order valence-corrected chi connectivity index (χ1v) is 5.69. The van der Waals surface area contributed by atoms with Gasteiger partial charge >= 0.3 is 11.9 Å². The quantitative estimate of drug-likeness (QED) is 0.496. The molecule has 1 rings (SSSR count). The normalized spacial score (nSPS) is 8.72.